The second-order valence-electron chi connectivity index (χ2n) is 4.01. The standard InChI is InChI=1S/C11H16O2/c1-2-3-4-8-5-6-9-7-10(12)13-11(8)9/h5-6,8-9,11H,2-4,7H2,1H3/t8-,9+,11+/m1/s1. The van der Waals surface area contributed by atoms with Crippen LogP contribution in [0.1, 0.15) is 32.6 Å². The molecule has 2 aliphatic rings. The van der Waals surface area contributed by atoms with Crippen LogP contribution in [0.3, 0.4) is 0 Å². The Morgan fingerprint density at radius 3 is 3.15 bits per heavy atom. The molecule has 2 nitrogen and oxygen atoms in total. The van der Waals surface area contributed by atoms with E-state index in [-0.39, 0.29) is 12.1 Å². The average molecular weight is 180 g/mol. The first-order valence-electron chi connectivity index (χ1n) is 5.19. The minimum Gasteiger partial charge on any atom is -0.461 e. The maximum Gasteiger partial charge on any atom is 0.306 e. The molecule has 13 heavy (non-hydrogen) atoms. The Balaban J connectivity index is 1.93. The molecule has 0 amide bonds. The molecule has 0 bridgehead atoms. The van der Waals surface area contributed by atoms with Crippen LogP contribution in [-0.2, 0) is 9.53 Å². The van der Waals surface area contributed by atoms with Crippen molar-refractivity contribution in [3.63, 3.8) is 0 Å². The van der Waals surface area contributed by atoms with Gasteiger partial charge >= 0.3 is 5.97 Å². The smallest absolute Gasteiger partial charge is 0.306 e. The van der Waals surface area contributed by atoms with E-state index in [0.717, 1.165) is 0 Å². The van der Waals surface area contributed by atoms with Crippen LogP contribution < -0.4 is 0 Å². The molecule has 1 aliphatic carbocycles. The zero-order chi connectivity index (χ0) is 9.26. The lowest BCUT2D eigenvalue weighted by atomic mass is 9.95. The molecule has 72 valence electrons. The molecule has 1 saturated heterocycles. The molecule has 0 spiro atoms. The monoisotopic (exact) mass is 180 g/mol. The van der Waals surface area contributed by atoms with Crippen molar-refractivity contribution in [2.75, 3.05) is 0 Å². The molecule has 2 rings (SSSR count). The summed E-state index contributed by atoms with van der Waals surface area (Å²) in [5.41, 5.74) is 0. The third kappa shape index (κ3) is 1.62. The van der Waals surface area contributed by atoms with Crippen LogP contribution in [0.25, 0.3) is 0 Å². The zero-order valence-electron chi connectivity index (χ0n) is 8.03. The van der Waals surface area contributed by atoms with E-state index in [1.807, 2.05) is 0 Å². The highest BCUT2D eigenvalue weighted by Crippen LogP contribution is 2.37. The number of carbonyl (C=O) groups excluding carboxylic acids is 1. The van der Waals surface area contributed by atoms with Crippen LogP contribution >= 0.6 is 0 Å². The van der Waals surface area contributed by atoms with Gasteiger partial charge in [0.15, 0.2) is 0 Å². The van der Waals surface area contributed by atoms with Crippen LogP contribution in [-0.4, -0.2) is 12.1 Å². The van der Waals surface area contributed by atoms with Gasteiger partial charge in [0, 0.05) is 11.8 Å². The van der Waals surface area contributed by atoms with Gasteiger partial charge in [0.05, 0.1) is 6.42 Å². The molecule has 0 N–H and O–H groups in total. The van der Waals surface area contributed by atoms with Crippen molar-refractivity contribution < 1.29 is 9.53 Å². The number of unbranched alkanes of at least 4 members (excludes halogenated alkanes) is 1. The molecule has 1 fully saturated rings. The Hall–Kier alpha value is -0.790. The summed E-state index contributed by atoms with van der Waals surface area (Å²) in [5, 5.41) is 0. The first-order valence-corrected chi connectivity index (χ1v) is 5.19. The largest absolute Gasteiger partial charge is 0.461 e. The summed E-state index contributed by atoms with van der Waals surface area (Å²) < 4.78 is 5.29. The van der Waals surface area contributed by atoms with E-state index in [2.05, 4.69) is 19.1 Å². The van der Waals surface area contributed by atoms with Crippen LogP contribution in [0.5, 0.6) is 0 Å². The van der Waals surface area contributed by atoms with E-state index in [0.29, 0.717) is 18.3 Å². The van der Waals surface area contributed by atoms with Gasteiger partial charge in [-0.1, -0.05) is 31.9 Å². The fraction of sp³-hybridized carbons (Fsp3) is 0.727. The number of hydrogen-bond donors (Lipinski definition) is 0. The van der Waals surface area contributed by atoms with Gasteiger partial charge in [-0.05, 0) is 6.42 Å². The molecule has 0 radical (unpaired) electrons. The highest BCUT2D eigenvalue weighted by Gasteiger charge is 2.40. The SMILES string of the molecule is CCCC[C@@H]1C=C[C@H]2CC(=O)O[C@@H]12. The third-order valence-electron chi connectivity index (χ3n) is 3.01. The van der Waals surface area contributed by atoms with Crippen LogP contribution in [0, 0.1) is 11.8 Å². The van der Waals surface area contributed by atoms with Gasteiger partial charge in [-0.2, -0.15) is 0 Å². The van der Waals surface area contributed by atoms with E-state index in [4.69, 9.17) is 4.74 Å². The van der Waals surface area contributed by atoms with Gasteiger partial charge in [0.1, 0.15) is 6.10 Å². The van der Waals surface area contributed by atoms with Crippen molar-refractivity contribution >= 4 is 5.97 Å². The Bertz CT molecular complexity index is 232. The maximum atomic E-state index is 11.0. The Morgan fingerprint density at radius 2 is 2.38 bits per heavy atom. The molecule has 3 atom stereocenters. The lowest BCUT2D eigenvalue weighted by Gasteiger charge is -2.16. The van der Waals surface area contributed by atoms with E-state index in [1.54, 1.807) is 0 Å². The van der Waals surface area contributed by atoms with Crippen LogP contribution in [0.2, 0.25) is 0 Å². The molecule has 0 aromatic carbocycles. The summed E-state index contributed by atoms with van der Waals surface area (Å²) in [6.45, 7) is 2.19. The zero-order valence-corrected chi connectivity index (χ0v) is 8.03. The van der Waals surface area contributed by atoms with Gasteiger partial charge in [0.2, 0.25) is 0 Å². The highest BCUT2D eigenvalue weighted by molar-refractivity contribution is 5.73. The first-order chi connectivity index (χ1) is 6.31. The summed E-state index contributed by atoms with van der Waals surface area (Å²) in [5.74, 6) is 0.867. The van der Waals surface area contributed by atoms with Crippen LogP contribution in [0.4, 0.5) is 0 Å². The summed E-state index contributed by atoms with van der Waals surface area (Å²) in [4.78, 5) is 11.0. The third-order valence-corrected chi connectivity index (χ3v) is 3.01. The number of carbonyl (C=O) groups is 1. The first kappa shape index (κ1) is 8.79. The molecule has 2 heteroatoms. The Morgan fingerprint density at radius 1 is 1.54 bits per heavy atom. The minimum atomic E-state index is -0.0131. The highest BCUT2D eigenvalue weighted by atomic mass is 16.6. The van der Waals surface area contributed by atoms with Gasteiger partial charge < -0.3 is 4.74 Å². The lowest BCUT2D eigenvalue weighted by molar-refractivity contribution is -0.142. The van der Waals surface area contributed by atoms with Gasteiger partial charge in [-0.15, -0.1) is 0 Å². The second kappa shape index (κ2) is 3.52. The topological polar surface area (TPSA) is 26.3 Å². The van der Waals surface area contributed by atoms with Gasteiger partial charge in [-0.3, -0.25) is 4.79 Å². The molecule has 0 saturated carbocycles. The Labute approximate surface area is 79.0 Å². The van der Waals surface area contributed by atoms with Crippen molar-refractivity contribution in [1.29, 1.82) is 0 Å². The predicted octanol–water partition coefficient (Wildman–Crippen LogP) is 2.29. The van der Waals surface area contributed by atoms with E-state index in [9.17, 15) is 4.79 Å². The average Bonchev–Trinajstić information content (AvgIpc) is 2.61. The van der Waals surface area contributed by atoms with E-state index >= 15 is 0 Å². The molecule has 0 aromatic rings. The van der Waals surface area contributed by atoms with Gasteiger partial charge in [0.25, 0.3) is 0 Å². The van der Waals surface area contributed by atoms with E-state index in [1.165, 1.54) is 19.3 Å². The Kier molecular flexibility index (Phi) is 2.38. The van der Waals surface area contributed by atoms with Gasteiger partial charge in [-0.25, -0.2) is 0 Å². The minimum absolute atomic E-state index is 0.0131. The molecule has 1 aliphatic heterocycles. The number of rotatable bonds is 3. The van der Waals surface area contributed by atoms with Crippen molar-refractivity contribution in [3.05, 3.63) is 12.2 Å². The van der Waals surface area contributed by atoms with Crippen molar-refractivity contribution in [2.24, 2.45) is 11.8 Å². The molecular formula is C11H16O2. The maximum absolute atomic E-state index is 11.0. The lowest BCUT2D eigenvalue weighted by Crippen LogP contribution is -2.19. The quantitative estimate of drug-likeness (QED) is 0.492. The fourth-order valence-corrected chi connectivity index (χ4v) is 2.27. The predicted molar refractivity (Wildman–Crippen MR) is 50.1 cm³/mol. The summed E-state index contributed by atoms with van der Waals surface area (Å²) >= 11 is 0. The normalized spacial score (nSPS) is 36.4. The number of fused-ring (bicyclic) bond motifs is 1. The molecular weight excluding hydrogens is 164 g/mol. The van der Waals surface area contributed by atoms with Crippen molar-refractivity contribution in [3.8, 4) is 0 Å². The van der Waals surface area contributed by atoms with Crippen molar-refractivity contribution in [2.45, 2.75) is 38.7 Å². The second-order valence-corrected chi connectivity index (χ2v) is 4.01. The summed E-state index contributed by atoms with van der Waals surface area (Å²) in [6, 6.07) is 0. The van der Waals surface area contributed by atoms with Crippen LogP contribution in [0.15, 0.2) is 12.2 Å². The van der Waals surface area contributed by atoms with Crippen molar-refractivity contribution in [1.82, 2.24) is 0 Å². The number of esters is 1. The fourth-order valence-electron chi connectivity index (χ4n) is 2.27. The summed E-state index contributed by atoms with van der Waals surface area (Å²) in [7, 11) is 0. The number of hydrogen-bond acceptors (Lipinski definition) is 2. The molecule has 0 aromatic heterocycles. The van der Waals surface area contributed by atoms with E-state index < -0.39 is 0 Å². The molecule has 0 unspecified atom stereocenters. The molecule has 1 heterocycles. The summed E-state index contributed by atoms with van der Waals surface area (Å²) in [6.07, 6.45) is 8.79. The number of ether oxygens (including phenoxy) is 1.